The van der Waals surface area contributed by atoms with Crippen molar-refractivity contribution in [3.63, 3.8) is 0 Å². The fourth-order valence-corrected chi connectivity index (χ4v) is 6.35. The minimum atomic E-state index is -0.346. The molecule has 1 aromatic carbocycles. The maximum Gasteiger partial charge on any atom is 0.245 e. The quantitative estimate of drug-likeness (QED) is 0.605. The van der Waals surface area contributed by atoms with Gasteiger partial charge in [-0.1, -0.05) is 63.4 Å². The fourth-order valence-electron chi connectivity index (χ4n) is 6.35. The Morgan fingerprint density at radius 1 is 1.00 bits per heavy atom. The maximum atomic E-state index is 14.0. The van der Waals surface area contributed by atoms with E-state index in [0.717, 1.165) is 58.3 Å². The summed E-state index contributed by atoms with van der Waals surface area (Å²) in [5.74, 6) is 1.08. The number of nitrogens with zero attached hydrogens (tertiary/aromatic N) is 2. The molecule has 0 unspecified atom stereocenters. The van der Waals surface area contributed by atoms with Crippen molar-refractivity contribution in [3.05, 3.63) is 35.9 Å². The molecular weight excluding hydrogens is 422 g/mol. The molecule has 0 radical (unpaired) electrons. The largest absolute Gasteiger partial charge is 0.344 e. The molecule has 2 heterocycles. The number of benzene rings is 1. The van der Waals surface area contributed by atoms with Crippen LogP contribution in [0.25, 0.3) is 0 Å². The number of carbonyl (C=O) groups excluding carboxylic acids is 2. The summed E-state index contributed by atoms with van der Waals surface area (Å²) in [6, 6.07) is 10.7. The van der Waals surface area contributed by atoms with E-state index in [1.807, 2.05) is 13.8 Å². The van der Waals surface area contributed by atoms with E-state index in [0.29, 0.717) is 5.92 Å². The molecule has 2 saturated heterocycles. The molecule has 188 valence electrons. The van der Waals surface area contributed by atoms with Gasteiger partial charge in [0.05, 0.1) is 0 Å². The Labute approximate surface area is 206 Å². The molecule has 4 atom stereocenters. The van der Waals surface area contributed by atoms with E-state index in [2.05, 4.69) is 45.4 Å². The molecule has 2 amide bonds. The normalized spacial score (nSPS) is 25.9. The van der Waals surface area contributed by atoms with E-state index in [1.54, 1.807) is 0 Å². The van der Waals surface area contributed by atoms with Crippen LogP contribution in [0.5, 0.6) is 0 Å². The van der Waals surface area contributed by atoms with Gasteiger partial charge in [-0.3, -0.25) is 9.59 Å². The lowest BCUT2D eigenvalue weighted by Crippen LogP contribution is -2.56. The topological polar surface area (TPSA) is 52.7 Å². The average Bonchev–Trinajstić information content (AvgIpc) is 3.16. The first kappa shape index (κ1) is 25.2. The summed E-state index contributed by atoms with van der Waals surface area (Å²) < 4.78 is 0. The van der Waals surface area contributed by atoms with Crippen molar-refractivity contribution in [2.75, 3.05) is 26.2 Å². The number of carbonyl (C=O) groups is 2. The Balaban J connectivity index is 1.45. The molecule has 3 aliphatic rings. The Hall–Kier alpha value is -1.88. The van der Waals surface area contributed by atoms with Crippen molar-refractivity contribution < 1.29 is 9.59 Å². The number of rotatable bonds is 8. The van der Waals surface area contributed by atoms with Crippen molar-refractivity contribution >= 4 is 11.8 Å². The molecule has 3 fully saturated rings. The summed E-state index contributed by atoms with van der Waals surface area (Å²) in [6.07, 6.45) is 11.1. The van der Waals surface area contributed by atoms with E-state index in [-0.39, 0.29) is 35.7 Å². The summed E-state index contributed by atoms with van der Waals surface area (Å²) in [5, 5.41) is 3.24. The minimum absolute atomic E-state index is 0.0448. The number of likely N-dealkylation sites (tertiary alicyclic amines) is 2. The summed E-state index contributed by atoms with van der Waals surface area (Å²) >= 11 is 0. The van der Waals surface area contributed by atoms with Gasteiger partial charge in [-0.15, -0.1) is 0 Å². The van der Waals surface area contributed by atoms with E-state index < -0.39 is 0 Å². The SMILES string of the molecule is CC[C@@H](C)C(=O)N[C@H](C(=O)N1CC[C@H]2CCCN(CCc3ccccc3)C[C@H]21)C1CCCCC1. The molecule has 0 bridgehead atoms. The molecular formula is C29H45N3O2. The van der Waals surface area contributed by atoms with Crippen LogP contribution < -0.4 is 5.32 Å². The fraction of sp³-hybridized carbons (Fsp3) is 0.724. The molecule has 2 aliphatic heterocycles. The van der Waals surface area contributed by atoms with Crippen molar-refractivity contribution in [1.29, 1.82) is 0 Å². The Morgan fingerprint density at radius 2 is 1.76 bits per heavy atom. The summed E-state index contributed by atoms with van der Waals surface area (Å²) in [7, 11) is 0. The third-order valence-electron chi connectivity index (χ3n) is 8.77. The second-order valence-corrected chi connectivity index (χ2v) is 11.0. The number of fused-ring (bicyclic) bond motifs is 1. The second-order valence-electron chi connectivity index (χ2n) is 11.0. The van der Waals surface area contributed by atoms with Crippen molar-refractivity contribution in [3.8, 4) is 0 Å². The van der Waals surface area contributed by atoms with Crippen LogP contribution in [0.3, 0.4) is 0 Å². The Kier molecular flexibility index (Phi) is 9.04. The van der Waals surface area contributed by atoms with Crippen LogP contribution in [0.15, 0.2) is 30.3 Å². The third kappa shape index (κ3) is 6.21. The second kappa shape index (κ2) is 12.2. The molecule has 5 nitrogen and oxygen atoms in total. The minimum Gasteiger partial charge on any atom is -0.344 e. The van der Waals surface area contributed by atoms with E-state index in [4.69, 9.17) is 0 Å². The molecule has 1 aromatic rings. The molecule has 0 aromatic heterocycles. The van der Waals surface area contributed by atoms with Crippen LogP contribution in [0.4, 0.5) is 0 Å². The lowest BCUT2D eigenvalue weighted by atomic mass is 9.83. The molecule has 0 spiro atoms. The van der Waals surface area contributed by atoms with Gasteiger partial charge in [-0.25, -0.2) is 0 Å². The van der Waals surface area contributed by atoms with E-state index >= 15 is 0 Å². The van der Waals surface area contributed by atoms with Gasteiger partial charge in [0.15, 0.2) is 0 Å². The van der Waals surface area contributed by atoms with Crippen molar-refractivity contribution in [2.24, 2.45) is 17.8 Å². The van der Waals surface area contributed by atoms with Crippen molar-refractivity contribution in [2.45, 2.75) is 90.1 Å². The highest BCUT2D eigenvalue weighted by Crippen LogP contribution is 2.34. The van der Waals surface area contributed by atoms with Gasteiger partial charge in [-0.05, 0) is 68.9 Å². The highest BCUT2D eigenvalue weighted by Gasteiger charge is 2.43. The van der Waals surface area contributed by atoms with Gasteiger partial charge < -0.3 is 15.1 Å². The van der Waals surface area contributed by atoms with E-state index in [1.165, 1.54) is 37.7 Å². The van der Waals surface area contributed by atoms with Gasteiger partial charge in [0.25, 0.3) is 0 Å². The van der Waals surface area contributed by atoms with Gasteiger partial charge >= 0.3 is 0 Å². The van der Waals surface area contributed by atoms with Crippen LogP contribution >= 0.6 is 0 Å². The zero-order valence-electron chi connectivity index (χ0n) is 21.4. The number of hydrogen-bond acceptors (Lipinski definition) is 3. The highest BCUT2D eigenvalue weighted by atomic mass is 16.2. The molecule has 4 rings (SSSR count). The van der Waals surface area contributed by atoms with Crippen LogP contribution in [-0.4, -0.2) is 59.9 Å². The maximum absolute atomic E-state index is 14.0. The number of amides is 2. The lowest BCUT2D eigenvalue weighted by Gasteiger charge is -2.37. The predicted molar refractivity (Wildman–Crippen MR) is 137 cm³/mol. The monoisotopic (exact) mass is 467 g/mol. The zero-order valence-corrected chi connectivity index (χ0v) is 21.4. The van der Waals surface area contributed by atoms with Gasteiger partial charge in [0.2, 0.25) is 11.8 Å². The number of hydrogen-bond donors (Lipinski definition) is 1. The first-order valence-electron chi connectivity index (χ1n) is 13.9. The molecule has 1 aliphatic carbocycles. The first-order chi connectivity index (χ1) is 16.6. The van der Waals surface area contributed by atoms with Crippen LogP contribution in [-0.2, 0) is 16.0 Å². The van der Waals surface area contributed by atoms with Crippen LogP contribution in [0, 0.1) is 17.8 Å². The standard InChI is InChI=1S/C29H45N3O2/c1-3-22(2)28(33)30-27(25-13-8-5-9-14-25)29(34)32-20-17-24-15-10-18-31(21-26(24)32)19-16-23-11-6-4-7-12-23/h4,6-7,11-12,22,24-27H,3,5,8-10,13-21H2,1-2H3,(H,30,33)/t22-,24-,26-,27+/m1/s1. The van der Waals surface area contributed by atoms with Crippen LogP contribution in [0.2, 0.25) is 0 Å². The molecule has 5 heteroatoms. The predicted octanol–water partition coefficient (Wildman–Crippen LogP) is 4.65. The first-order valence-corrected chi connectivity index (χ1v) is 13.9. The summed E-state index contributed by atoms with van der Waals surface area (Å²) in [5.41, 5.74) is 1.38. The zero-order chi connectivity index (χ0) is 23.9. The molecule has 1 saturated carbocycles. The third-order valence-corrected chi connectivity index (χ3v) is 8.77. The Morgan fingerprint density at radius 3 is 2.50 bits per heavy atom. The lowest BCUT2D eigenvalue weighted by molar-refractivity contribution is -0.140. The summed E-state index contributed by atoms with van der Waals surface area (Å²) in [4.78, 5) is 31.7. The molecule has 1 N–H and O–H groups in total. The van der Waals surface area contributed by atoms with Crippen LogP contribution in [0.1, 0.15) is 77.2 Å². The molecule has 34 heavy (non-hydrogen) atoms. The smallest absolute Gasteiger partial charge is 0.245 e. The van der Waals surface area contributed by atoms with E-state index in [9.17, 15) is 9.59 Å². The summed E-state index contributed by atoms with van der Waals surface area (Å²) in [6.45, 7) is 8.01. The van der Waals surface area contributed by atoms with Crippen molar-refractivity contribution in [1.82, 2.24) is 15.1 Å². The van der Waals surface area contributed by atoms with Gasteiger partial charge in [0, 0.05) is 31.6 Å². The average molecular weight is 468 g/mol. The van der Waals surface area contributed by atoms with Gasteiger partial charge in [-0.2, -0.15) is 0 Å². The highest BCUT2D eigenvalue weighted by molar-refractivity contribution is 5.89. The Bertz CT molecular complexity index is 792. The number of nitrogens with one attached hydrogen (secondary N) is 1. The van der Waals surface area contributed by atoms with Gasteiger partial charge in [0.1, 0.15) is 6.04 Å².